The van der Waals surface area contributed by atoms with Gasteiger partial charge in [-0.05, 0) is 46.8 Å². The van der Waals surface area contributed by atoms with E-state index in [9.17, 15) is 0 Å². The summed E-state index contributed by atoms with van der Waals surface area (Å²) in [6.45, 7) is 12.6. The maximum atomic E-state index is 6.00. The molecule has 0 fully saturated rings. The van der Waals surface area contributed by atoms with Gasteiger partial charge in [0.15, 0.2) is 0 Å². The topological polar surface area (TPSA) is 66.0 Å². The zero-order valence-electron chi connectivity index (χ0n) is 16.2. The number of aryl methyl sites for hydroxylation is 1. The number of nitrogens with zero attached hydrogens (tertiary/aromatic N) is 4. The van der Waals surface area contributed by atoms with Gasteiger partial charge in [-0.2, -0.15) is 4.98 Å². The van der Waals surface area contributed by atoms with E-state index >= 15 is 0 Å². The summed E-state index contributed by atoms with van der Waals surface area (Å²) in [5.74, 6) is 2.14. The van der Waals surface area contributed by atoms with Crippen LogP contribution in [-0.2, 0) is 12.0 Å². The number of ether oxygens (including phenoxy) is 1. The molecule has 3 aromatic heterocycles. The van der Waals surface area contributed by atoms with Crippen molar-refractivity contribution in [2.45, 2.75) is 59.6 Å². The van der Waals surface area contributed by atoms with Crippen molar-refractivity contribution in [1.29, 1.82) is 0 Å². The fourth-order valence-electron chi connectivity index (χ4n) is 2.48. The number of hydrogen-bond acceptors (Lipinski definition) is 6. The quantitative estimate of drug-likeness (QED) is 0.625. The molecule has 26 heavy (non-hydrogen) atoms. The molecular weight excluding hydrogens is 348 g/mol. The first kappa shape index (κ1) is 18.6. The summed E-state index contributed by atoms with van der Waals surface area (Å²) >= 11 is 1.67. The second-order valence-corrected chi connectivity index (χ2v) is 8.98. The lowest BCUT2D eigenvalue weighted by atomic mass is 10.0. The molecule has 7 heteroatoms. The standard InChI is InChI=1S/C19H26N4O2S/c1-12(14(3)24-16-9-10-23(21-16)19(4,5)6)11-17-20-18(22-25-17)15-8-7-13(2)26-15/h7-10,12,14H,11H2,1-6H3/t12?,14-/m0/s1. The van der Waals surface area contributed by atoms with Crippen LogP contribution in [0.2, 0.25) is 0 Å². The van der Waals surface area contributed by atoms with Crippen molar-refractivity contribution in [3.63, 3.8) is 0 Å². The lowest BCUT2D eigenvalue weighted by molar-refractivity contribution is 0.144. The summed E-state index contributed by atoms with van der Waals surface area (Å²) in [6.07, 6.45) is 2.59. The van der Waals surface area contributed by atoms with Crippen molar-refractivity contribution in [3.8, 4) is 16.6 Å². The van der Waals surface area contributed by atoms with Gasteiger partial charge < -0.3 is 9.26 Å². The van der Waals surface area contributed by atoms with Crippen molar-refractivity contribution >= 4 is 11.3 Å². The van der Waals surface area contributed by atoms with Crippen molar-refractivity contribution < 1.29 is 9.26 Å². The molecule has 0 radical (unpaired) electrons. The molecule has 3 heterocycles. The molecule has 0 spiro atoms. The highest BCUT2D eigenvalue weighted by molar-refractivity contribution is 7.15. The van der Waals surface area contributed by atoms with Crippen LogP contribution in [0.4, 0.5) is 0 Å². The molecule has 0 saturated carbocycles. The van der Waals surface area contributed by atoms with E-state index < -0.39 is 0 Å². The molecule has 0 aliphatic heterocycles. The van der Waals surface area contributed by atoms with E-state index in [1.807, 2.05) is 29.9 Å². The maximum Gasteiger partial charge on any atom is 0.233 e. The summed E-state index contributed by atoms with van der Waals surface area (Å²) in [5, 5.41) is 8.60. The van der Waals surface area contributed by atoms with Crippen LogP contribution in [0.1, 0.15) is 45.4 Å². The number of thiophene rings is 1. The Bertz CT molecular complexity index is 859. The van der Waals surface area contributed by atoms with Gasteiger partial charge in [0.1, 0.15) is 6.10 Å². The molecule has 0 aliphatic carbocycles. The SMILES string of the molecule is Cc1ccc(-c2noc(CC(C)[C@H](C)Oc3ccn(C(C)(C)C)n3)n2)s1. The van der Waals surface area contributed by atoms with Crippen LogP contribution >= 0.6 is 11.3 Å². The van der Waals surface area contributed by atoms with Gasteiger partial charge in [0.2, 0.25) is 17.6 Å². The van der Waals surface area contributed by atoms with E-state index in [4.69, 9.17) is 9.26 Å². The van der Waals surface area contributed by atoms with E-state index in [-0.39, 0.29) is 17.6 Å². The lowest BCUT2D eigenvalue weighted by Gasteiger charge is -2.20. The fraction of sp³-hybridized carbons (Fsp3) is 0.526. The predicted octanol–water partition coefficient (Wildman–Crippen LogP) is 4.70. The van der Waals surface area contributed by atoms with Gasteiger partial charge in [0, 0.05) is 29.5 Å². The van der Waals surface area contributed by atoms with Crippen molar-refractivity contribution in [2.75, 3.05) is 0 Å². The Morgan fingerprint density at radius 2 is 2.00 bits per heavy atom. The zero-order valence-corrected chi connectivity index (χ0v) is 17.0. The Morgan fingerprint density at radius 3 is 2.62 bits per heavy atom. The molecule has 0 saturated heterocycles. The van der Waals surface area contributed by atoms with Crippen LogP contribution in [-0.4, -0.2) is 26.0 Å². The van der Waals surface area contributed by atoms with Crippen LogP contribution in [0, 0.1) is 12.8 Å². The van der Waals surface area contributed by atoms with Crippen LogP contribution in [0.25, 0.3) is 10.7 Å². The largest absolute Gasteiger partial charge is 0.473 e. The zero-order chi connectivity index (χ0) is 18.9. The van der Waals surface area contributed by atoms with Crippen molar-refractivity contribution in [1.82, 2.24) is 19.9 Å². The molecule has 140 valence electrons. The minimum atomic E-state index is -0.0588. The van der Waals surface area contributed by atoms with E-state index in [0.717, 1.165) is 4.88 Å². The molecule has 0 aliphatic rings. The number of hydrogen-bond donors (Lipinski definition) is 0. The second kappa shape index (κ2) is 7.23. The Kier molecular flexibility index (Phi) is 5.18. The summed E-state index contributed by atoms with van der Waals surface area (Å²) < 4.78 is 13.3. The third-order valence-corrected chi connectivity index (χ3v) is 5.28. The molecule has 3 rings (SSSR count). The summed E-state index contributed by atoms with van der Waals surface area (Å²) in [4.78, 5) is 6.78. The first-order valence-corrected chi connectivity index (χ1v) is 9.66. The first-order chi connectivity index (χ1) is 12.2. The highest BCUT2D eigenvalue weighted by Crippen LogP contribution is 2.26. The lowest BCUT2D eigenvalue weighted by Crippen LogP contribution is -2.25. The summed E-state index contributed by atoms with van der Waals surface area (Å²) in [5.41, 5.74) is -0.0588. The average Bonchev–Trinajstić information content (AvgIpc) is 3.27. The van der Waals surface area contributed by atoms with Crippen LogP contribution in [0.3, 0.4) is 0 Å². The minimum Gasteiger partial charge on any atom is -0.473 e. The Balaban J connectivity index is 1.60. The molecule has 2 atom stereocenters. The van der Waals surface area contributed by atoms with Crippen LogP contribution in [0.15, 0.2) is 28.9 Å². The van der Waals surface area contributed by atoms with Gasteiger partial charge in [0.05, 0.1) is 10.4 Å². The number of aromatic nitrogens is 4. The molecule has 6 nitrogen and oxygen atoms in total. The third kappa shape index (κ3) is 4.33. The van der Waals surface area contributed by atoms with Crippen LogP contribution in [0.5, 0.6) is 5.88 Å². The average molecular weight is 375 g/mol. The van der Waals surface area contributed by atoms with Crippen LogP contribution < -0.4 is 4.74 Å². The Morgan fingerprint density at radius 1 is 1.23 bits per heavy atom. The van der Waals surface area contributed by atoms with E-state index in [1.54, 1.807) is 11.3 Å². The van der Waals surface area contributed by atoms with Crippen molar-refractivity contribution in [3.05, 3.63) is 35.2 Å². The molecule has 0 aromatic carbocycles. The molecule has 1 unspecified atom stereocenters. The van der Waals surface area contributed by atoms with Gasteiger partial charge in [-0.1, -0.05) is 12.1 Å². The Labute approximate surface area is 158 Å². The smallest absolute Gasteiger partial charge is 0.233 e. The fourth-order valence-corrected chi connectivity index (χ4v) is 3.28. The monoisotopic (exact) mass is 374 g/mol. The van der Waals surface area contributed by atoms with E-state index in [0.29, 0.717) is 24.0 Å². The highest BCUT2D eigenvalue weighted by Gasteiger charge is 2.21. The van der Waals surface area contributed by atoms with E-state index in [2.05, 4.69) is 55.9 Å². The first-order valence-electron chi connectivity index (χ1n) is 8.84. The summed E-state index contributed by atoms with van der Waals surface area (Å²) in [7, 11) is 0. The molecule has 0 bridgehead atoms. The molecule has 0 amide bonds. The highest BCUT2D eigenvalue weighted by atomic mass is 32.1. The normalized spacial score (nSPS) is 14.4. The second-order valence-electron chi connectivity index (χ2n) is 7.70. The summed E-state index contributed by atoms with van der Waals surface area (Å²) in [6, 6.07) is 5.99. The van der Waals surface area contributed by atoms with Gasteiger partial charge in [-0.25, -0.2) is 0 Å². The van der Waals surface area contributed by atoms with E-state index in [1.165, 1.54) is 4.88 Å². The van der Waals surface area contributed by atoms with Gasteiger partial charge in [0.25, 0.3) is 0 Å². The molecular formula is C19H26N4O2S. The van der Waals surface area contributed by atoms with Crippen molar-refractivity contribution in [2.24, 2.45) is 5.92 Å². The minimum absolute atomic E-state index is 0.0161. The molecule has 0 N–H and O–H groups in total. The molecule has 3 aromatic rings. The van der Waals surface area contributed by atoms with Gasteiger partial charge in [-0.15, -0.1) is 16.4 Å². The number of rotatable bonds is 6. The van der Waals surface area contributed by atoms with Gasteiger partial charge >= 0.3 is 0 Å². The van der Waals surface area contributed by atoms with Gasteiger partial charge in [-0.3, -0.25) is 4.68 Å². The predicted molar refractivity (Wildman–Crippen MR) is 103 cm³/mol. The third-order valence-electron chi connectivity index (χ3n) is 4.29. The Hall–Kier alpha value is -2.15. The maximum absolute atomic E-state index is 6.00.